The summed E-state index contributed by atoms with van der Waals surface area (Å²) in [4.78, 5) is 12.1. The molecule has 17 heavy (non-hydrogen) atoms. The van der Waals surface area contributed by atoms with Crippen LogP contribution in [0.2, 0.25) is 0 Å². The summed E-state index contributed by atoms with van der Waals surface area (Å²) in [5.74, 6) is -0.469. The molecule has 1 aliphatic heterocycles. The quantitative estimate of drug-likeness (QED) is 0.724. The molecule has 0 unspecified atom stereocenters. The minimum Gasteiger partial charge on any atom is -0.369 e. The van der Waals surface area contributed by atoms with Crippen molar-refractivity contribution < 1.29 is 9.18 Å². The first-order valence-electron chi connectivity index (χ1n) is 6.09. The molecule has 2 aliphatic rings. The molecule has 1 aromatic rings. The van der Waals surface area contributed by atoms with Crippen LogP contribution in [-0.2, 0) is 4.79 Å². The molecule has 0 aromatic heterocycles. The molecule has 1 fully saturated rings. The van der Waals surface area contributed by atoms with Gasteiger partial charge in [0.05, 0.1) is 5.69 Å². The summed E-state index contributed by atoms with van der Waals surface area (Å²) in [6.45, 7) is 0. The molecule has 1 saturated carbocycles. The average molecular weight is 234 g/mol. The van der Waals surface area contributed by atoms with Crippen LogP contribution >= 0.6 is 0 Å². The molecule has 2 N–H and O–H groups in total. The smallest absolute Gasteiger partial charge is 0.250 e. The van der Waals surface area contributed by atoms with Crippen LogP contribution in [0.3, 0.4) is 0 Å². The van der Waals surface area contributed by atoms with Crippen LogP contribution in [-0.4, -0.2) is 11.4 Å². The molecule has 1 aliphatic carbocycles. The Morgan fingerprint density at radius 1 is 1.18 bits per heavy atom. The van der Waals surface area contributed by atoms with E-state index in [9.17, 15) is 9.18 Å². The Balaban J connectivity index is 2.00. The van der Waals surface area contributed by atoms with Crippen LogP contribution in [0.5, 0.6) is 0 Å². The number of rotatable bonds is 0. The van der Waals surface area contributed by atoms with Crippen molar-refractivity contribution in [3.8, 4) is 0 Å². The molecule has 0 saturated heterocycles. The van der Waals surface area contributed by atoms with E-state index in [1.807, 2.05) is 6.07 Å². The average Bonchev–Trinajstić information content (AvgIpc) is 2.33. The van der Waals surface area contributed by atoms with Gasteiger partial charge in [0, 0.05) is 0 Å². The second-order valence-electron chi connectivity index (χ2n) is 4.88. The van der Waals surface area contributed by atoms with E-state index in [-0.39, 0.29) is 17.4 Å². The van der Waals surface area contributed by atoms with Gasteiger partial charge < -0.3 is 10.6 Å². The molecule has 3 rings (SSSR count). The largest absolute Gasteiger partial charge is 0.369 e. The van der Waals surface area contributed by atoms with Crippen LogP contribution in [0.25, 0.3) is 0 Å². The number of anilines is 2. The van der Waals surface area contributed by atoms with Crippen molar-refractivity contribution in [2.45, 2.75) is 37.6 Å². The zero-order valence-corrected chi connectivity index (χ0v) is 9.55. The minimum absolute atomic E-state index is 0.0881. The van der Waals surface area contributed by atoms with Crippen molar-refractivity contribution in [3.63, 3.8) is 0 Å². The maximum absolute atomic E-state index is 13.5. The molecule has 3 nitrogen and oxygen atoms in total. The van der Waals surface area contributed by atoms with Crippen LogP contribution in [0.4, 0.5) is 15.8 Å². The van der Waals surface area contributed by atoms with Crippen molar-refractivity contribution in [2.75, 3.05) is 10.6 Å². The number of para-hydroxylation sites is 1. The van der Waals surface area contributed by atoms with E-state index in [1.165, 1.54) is 12.5 Å². The van der Waals surface area contributed by atoms with Gasteiger partial charge in [-0.05, 0) is 25.0 Å². The van der Waals surface area contributed by atoms with E-state index in [0.29, 0.717) is 5.69 Å². The second kappa shape index (κ2) is 3.72. The number of carbonyl (C=O) groups excluding carboxylic acids is 1. The number of fused-ring (bicyclic) bond motifs is 1. The highest BCUT2D eigenvalue weighted by molar-refractivity contribution is 6.06. The molecule has 0 radical (unpaired) electrons. The maximum Gasteiger partial charge on any atom is 0.250 e. The number of hydrogen-bond acceptors (Lipinski definition) is 2. The number of benzene rings is 1. The number of halogens is 1. The molecule has 1 amide bonds. The zero-order chi connectivity index (χ0) is 11.9. The van der Waals surface area contributed by atoms with Crippen molar-refractivity contribution in [1.29, 1.82) is 0 Å². The van der Waals surface area contributed by atoms with Crippen molar-refractivity contribution >= 4 is 17.3 Å². The second-order valence-corrected chi connectivity index (χ2v) is 4.88. The Kier molecular flexibility index (Phi) is 2.31. The Morgan fingerprint density at radius 2 is 1.94 bits per heavy atom. The highest BCUT2D eigenvalue weighted by Gasteiger charge is 2.43. The molecule has 4 heteroatoms. The molecule has 1 heterocycles. The fraction of sp³-hybridized carbons (Fsp3) is 0.462. The van der Waals surface area contributed by atoms with Gasteiger partial charge in [0.1, 0.15) is 17.0 Å². The summed E-state index contributed by atoms with van der Waals surface area (Å²) in [6, 6.07) is 4.84. The summed E-state index contributed by atoms with van der Waals surface area (Å²) in [6.07, 6.45) is 4.92. The lowest BCUT2D eigenvalue weighted by atomic mass is 9.79. The lowest BCUT2D eigenvalue weighted by Crippen LogP contribution is -2.53. The van der Waals surface area contributed by atoms with Gasteiger partial charge in [-0.3, -0.25) is 4.79 Å². The molecule has 1 spiro atoms. The SMILES string of the molecule is O=C1Nc2c(F)cccc2NC12CCCCC2. The highest BCUT2D eigenvalue weighted by Crippen LogP contribution is 2.39. The van der Waals surface area contributed by atoms with Gasteiger partial charge in [-0.15, -0.1) is 0 Å². The zero-order valence-electron chi connectivity index (χ0n) is 9.55. The summed E-state index contributed by atoms with van der Waals surface area (Å²) in [5.41, 5.74) is 0.471. The van der Waals surface area contributed by atoms with Gasteiger partial charge in [0.2, 0.25) is 5.91 Å². The molecular weight excluding hydrogens is 219 g/mol. The van der Waals surface area contributed by atoms with Crippen molar-refractivity contribution in [2.24, 2.45) is 0 Å². The summed E-state index contributed by atoms with van der Waals surface area (Å²) in [7, 11) is 0. The first-order chi connectivity index (χ1) is 8.21. The van der Waals surface area contributed by atoms with Gasteiger partial charge in [-0.25, -0.2) is 4.39 Å². The molecule has 90 valence electrons. The third kappa shape index (κ3) is 1.59. The van der Waals surface area contributed by atoms with Crippen LogP contribution < -0.4 is 10.6 Å². The number of carbonyl (C=O) groups is 1. The van der Waals surface area contributed by atoms with E-state index in [1.54, 1.807) is 6.07 Å². The van der Waals surface area contributed by atoms with Crippen LogP contribution in [0.15, 0.2) is 18.2 Å². The van der Waals surface area contributed by atoms with Crippen molar-refractivity contribution in [3.05, 3.63) is 24.0 Å². The Labute approximate surface area is 99.4 Å². The molecule has 0 atom stereocenters. The lowest BCUT2D eigenvalue weighted by Gasteiger charge is -2.41. The van der Waals surface area contributed by atoms with Gasteiger partial charge in [-0.1, -0.05) is 25.3 Å². The van der Waals surface area contributed by atoms with E-state index in [0.717, 1.165) is 25.7 Å². The molecule has 0 bridgehead atoms. The fourth-order valence-corrected chi connectivity index (χ4v) is 2.81. The normalized spacial score (nSPS) is 21.6. The Bertz CT molecular complexity index is 466. The van der Waals surface area contributed by atoms with Gasteiger partial charge in [-0.2, -0.15) is 0 Å². The Morgan fingerprint density at radius 3 is 2.71 bits per heavy atom. The Hall–Kier alpha value is -1.58. The first-order valence-corrected chi connectivity index (χ1v) is 6.09. The van der Waals surface area contributed by atoms with E-state index in [2.05, 4.69) is 10.6 Å². The predicted molar refractivity (Wildman–Crippen MR) is 64.5 cm³/mol. The summed E-state index contributed by atoms with van der Waals surface area (Å²) < 4.78 is 13.5. The van der Waals surface area contributed by atoms with E-state index >= 15 is 0 Å². The summed E-state index contributed by atoms with van der Waals surface area (Å²) >= 11 is 0. The van der Waals surface area contributed by atoms with E-state index in [4.69, 9.17) is 0 Å². The predicted octanol–water partition coefficient (Wildman–Crippen LogP) is 2.89. The van der Waals surface area contributed by atoms with Gasteiger partial charge in [0.15, 0.2) is 0 Å². The standard InChI is InChI=1S/C13H15FN2O/c14-9-5-4-6-10-11(9)15-12(17)13(16-10)7-2-1-3-8-13/h4-6,16H,1-3,7-8H2,(H,15,17). The first kappa shape index (κ1) is 10.6. The van der Waals surface area contributed by atoms with E-state index < -0.39 is 5.54 Å². The minimum atomic E-state index is -0.515. The number of nitrogens with one attached hydrogen (secondary N) is 2. The highest BCUT2D eigenvalue weighted by atomic mass is 19.1. The third-order valence-electron chi connectivity index (χ3n) is 3.77. The molecular formula is C13H15FN2O. The van der Waals surface area contributed by atoms with Gasteiger partial charge >= 0.3 is 0 Å². The topological polar surface area (TPSA) is 41.1 Å². The van der Waals surface area contributed by atoms with Crippen molar-refractivity contribution in [1.82, 2.24) is 0 Å². The third-order valence-corrected chi connectivity index (χ3v) is 3.77. The monoisotopic (exact) mass is 234 g/mol. The molecule has 1 aromatic carbocycles. The lowest BCUT2D eigenvalue weighted by molar-refractivity contribution is -0.121. The number of hydrogen-bond donors (Lipinski definition) is 2. The summed E-state index contributed by atoms with van der Waals surface area (Å²) in [5, 5.41) is 5.96. The van der Waals surface area contributed by atoms with Crippen LogP contribution in [0.1, 0.15) is 32.1 Å². The number of amides is 1. The fourth-order valence-electron chi connectivity index (χ4n) is 2.81. The maximum atomic E-state index is 13.5. The van der Waals surface area contributed by atoms with Crippen LogP contribution in [0, 0.1) is 5.82 Å². The van der Waals surface area contributed by atoms with Gasteiger partial charge in [0.25, 0.3) is 0 Å².